The van der Waals surface area contributed by atoms with Gasteiger partial charge < -0.3 is 9.64 Å². The lowest BCUT2D eigenvalue weighted by Gasteiger charge is -2.32. The minimum Gasteiger partial charge on any atom is -0.494 e. The van der Waals surface area contributed by atoms with E-state index >= 15 is 0 Å². The summed E-state index contributed by atoms with van der Waals surface area (Å²) in [7, 11) is 0. The molecule has 2 heteroatoms. The fraction of sp³-hybridized carbons (Fsp3) is 0.727. The molecule has 1 heterocycles. The Hall–Kier alpha value is -1.02. The summed E-state index contributed by atoms with van der Waals surface area (Å²) in [6.45, 7) is 9.17. The van der Waals surface area contributed by atoms with Gasteiger partial charge in [-0.2, -0.15) is 0 Å². The lowest BCUT2D eigenvalue weighted by atomic mass is 9.89. The average molecular weight is 332 g/mol. The molecule has 0 atom stereocenters. The minimum atomic E-state index is 0.742. The van der Waals surface area contributed by atoms with E-state index in [-0.39, 0.29) is 0 Å². The Balaban J connectivity index is 1.66. The Bertz CT molecular complexity index is 420. The highest BCUT2D eigenvalue weighted by molar-refractivity contribution is 5.29. The molecule has 1 aliphatic rings. The second-order valence-corrected chi connectivity index (χ2v) is 7.30. The molecule has 1 saturated heterocycles. The molecule has 1 aliphatic heterocycles. The molecule has 1 fully saturated rings. The maximum Gasteiger partial charge on any atom is 0.119 e. The van der Waals surface area contributed by atoms with Crippen molar-refractivity contribution in [1.82, 2.24) is 4.90 Å². The van der Waals surface area contributed by atoms with Gasteiger partial charge in [-0.15, -0.1) is 0 Å². The summed E-state index contributed by atoms with van der Waals surface area (Å²) < 4.78 is 5.77. The standard InChI is InChI=1S/C22H37NO/c1-3-5-7-8-9-16-23-17-14-21(15-18-23)20-10-12-22(13-11-20)24-19-6-4-2/h10-13,21H,3-9,14-19H2,1-2H3. The highest BCUT2D eigenvalue weighted by atomic mass is 16.5. The molecule has 0 saturated carbocycles. The van der Waals surface area contributed by atoms with Crippen LogP contribution in [0, 0.1) is 0 Å². The molecule has 0 amide bonds. The van der Waals surface area contributed by atoms with E-state index in [0.717, 1.165) is 24.7 Å². The fourth-order valence-corrected chi connectivity index (χ4v) is 3.60. The average Bonchev–Trinajstić information content (AvgIpc) is 2.63. The summed E-state index contributed by atoms with van der Waals surface area (Å²) in [6, 6.07) is 8.88. The molecular weight excluding hydrogens is 294 g/mol. The van der Waals surface area contributed by atoms with Gasteiger partial charge in [-0.25, -0.2) is 0 Å². The van der Waals surface area contributed by atoms with Gasteiger partial charge in [0.2, 0.25) is 0 Å². The Labute approximate surface area is 149 Å². The van der Waals surface area contributed by atoms with Crippen LogP contribution in [0.15, 0.2) is 24.3 Å². The van der Waals surface area contributed by atoms with Gasteiger partial charge >= 0.3 is 0 Å². The van der Waals surface area contributed by atoms with Gasteiger partial charge in [-0.1, -0.05) is 58.1 Å². The summed E-state index contributed by atoms with van der Waals surface area (Å²) in [6.07, 6.45) is 11.9. The summed E-state index contributed by atoms with van der Waals surface area (Å²) in [5, 5.41) is 0. The fourth-order valence-electron chi connectivity index (χ4n) is 3.60. The molecular formula is C22H37NO. The molecule has 0 bridgehead atoms. The predicted molar refractivity (Wildman–Crippen MR) is 104 cm³/mol. The molecule has 0 N–H and O–H groups in total. The van der Waals surface area contributed by atoms with E-state index in [0.29, 0.717) is 0 Å². The zero-order chi connectivity index (χ0) is 17.0. The van der Waals surface area contributed by atoms with Gasteiger partial charge in [0, 0.05) is 0 Å². The van der Waals surface area contributed by atoms with Crippen molar-refractivity contribution in [3.63, 3.8) is 0 Å². The summed E-state index contributed by atoms with van der Waals surface area (Å²) >= 11 is 0. The first-order valence-corrected chi connectivity index (χ1v) is 10.3. The summed E-state index contributed by atoms with van der Waals surface area (Å²) in [5.74, 6) is 1.77. The second kappa shape index (κ2) is 11.5. The number of ether oxygens (including phenoxy) is 1. The third-order valence-electron chi connectivity index (χ3n) is 5.28. The molecule has 2 nitrogen and oxygen atoms in total. The maximum atomic E-state index is 5.77. The van der Waals surface area contributed by atoms with E-state index in [1.165, 1.54) is 76.6 Å². The molecule has 0 unspecified atom stereocenters. The number of rotatable bonds is 11. The second-order valence-electron chi connectivity index (χ2n) is 7.30. The van der Waals surface area contributed by atoms with Crippen molar-refractivity contribution in [2.24, 2.45) is 0 Å². The first kappa shape index (κ1) is 19.3. The van der Waals surface area contributed by atoms with Crippen LogP contribution in [0.4, 0.5) is 0 Å². The van der Waals surface area contributed by atoms with Gasteiger partial charge in [0.1, 0.15) is 5.75 Å². The number of hydrogen-bond donors (Lipinski definition) is 0. The van der Waals surface area contributed by atoms with Crippen LogP contribution in [0.3, 0.4) is 0 Å². The van der Waals surface area contributed by atoms with Crippen LogP contribution >= 0.6 is 0 Å². The van der Waals surface area contributed by atoms with Crippen molar-refractivity contribution in [3.8, 4) is 5.75 Å². The van der Waals surface area contributed by atoms with Crippen LogP contribution in [0.5, 0.6) is 5.75 Å². The molecule has 2 rings (SSSR count). The molecule has 1 aromatic rings. The number of piperidine rings is 1. The minimum absolute atomic E-state index is 0.742. The zero-order valence-electron chi connectivity index (χ0n) is 15.9. The van der Waals surface area contributed by atoms with E-state index in [4.69, 9.17) is 4.74 Å². The van der Waals surface area contributed by atoms with Crippen molar-refractivity contribution in [2.45, 2.75) is 77.6 Å². The van der Waals surface area contributed by atoms with Crippen LogP contribution in [0.2, 0.25) is 0 Å². The van der Waals surface area contributed by atoms with Crippen LogP contribution in [0.1, 0.15) is 83.1 Å². The van der Waals surface area contributed by atoms with Crippen molar-refractivity contribution in [1.29, 1.82) is 0 Å². The third-order valence-corrected chi connectivity index (χ3v) is 5.28. The molecule has 24 heavy (non-hydrogen) atoms. The van der Waals surface area contributed by atoms with Crippen molar-refractivity contribution < 1.29 is 4.74 Å². The highest BCUT2D eigenvalue weighted by Gasteiger charge is 2.20. The summed E-state index contributed by atoms with van der Waals surface area (Å²) in [5.41, 5.74) is 1.50. The quantitative estimate of drug-likeness (QED) is 0.460. The predicted octanol–water partition coefficient (Wildman–Crippen LogP) is 6.02. The Kier molecular flexibility index (Phi) is 9.27. The number of likely N-dealkylation sites (tertiary alicyclic amines) is 1. The van der Waals surface area contributed by atoms with Crippen molar-refractivity contribution >= 4 is 0 Å². The maximum absolute atomic E-state index is 5.77. The summed E-state index contributed by atoms with van der Waals surface area (Å²) in [4.78, 5) is 2.67. The number of benzene rings is 1. The van der Waals surface area contributed by atoms with Gasteiger partial charge in [0.05, 0.1) is 6.61 Å². The largest absolute Gasteiger partial charge is 0.494 e. The van der Waals surface area contributed by atoms with Crippen LogP contribution in [-0.2, 0) is 0 Å². The molecule has 0 aliphatic carbocycles. The molecule has 0 spiro atoms. The van der Waals surface area contributed by atoms with Gasteiger partial charge in [-0.3, -0.25) is 0 Å². The lowest BCUT2D eigenvalue weighted by molar-refractivity contribution is 0.208. The SMILES string of the molecule is CCCCCCCN1CCC(c2ccc(OCCCC)cc2)CC1. The first-order chi connectivity index (χ1) is 11.8. The van der Waals surface area contributed by atoms with Gasteiger partial charge in [0.25, 0.3) is 0 Å². The van der Waals surface area contributed by atoms with Gasteiger partial charge in [-0.05, 0) is 68.9 Å². The Morgan fingerprint density at radius 1 is 0.875 bits per heavy atom. The van der Waals surface area contributed by atoms with Crippen LogP contribution in [0.25, 0.3) is 0 Å². The Morgan fingerprint density at radius 3 is 2.21 bits per heavy atom. The molecule has 1 aromatic carbocycles. The van der Waals surface area contributed by atoms with E-state index in [1.54, 1.807) is 0 Å². The first-order valence-electron chi connectivity index (χ1n) is 10.3. The molecule has 136 valence electrons. The third kappa shape index (κ3) is 6.84. The van der Waals surface area contributed by atoms with E-state index < -0.39 is 0 Å². The topological polar surface area (TPSA) is 12.5 Å². The molecule has 0 radical (unpaired) electrons. The molecule has 0 aromatic heterocycles. The Morgan fingerprint density at radius 2 is 1.54 bits per heavy atom. The number of nitrogens with zero attached hydrogens (tertiary/aromatic N) is 1. The van der Waals surface area contributed by atoms with Crippen molar-refractivity contribution in [2.75, 3.05) is 26.2 Å². The lowest BCUT2D eigenvalue weighted by Crippen LogP contribution is -2.33. The van der Waals surface area contributed by atoms with Gasteiger partial charge in [0.15, 0.2) is 0 Å². The highest BCUT2D eigenvalue weighted by Crippen LogP contribution is 2.29. The number of hydrogen-bond acceptors (Lipinski definition) is 2. The van der Waals surface area contributed by atoms with Crippen molar-refractivity contribution in [3.05, 3.63) is 29.8 Å². The van der Waals surface area contributed by atoms with E-state index in [2.05, 4.69) is 43.0 Å². The smallest absolute Gasteiger partial charge is 0.119 e. The monoisotopic (exact) mass is 331 g/mol. The van der Waals surface area contributed by atoms with Crippen LogP contribution < -0.4 is 4.74 Å². The van der Waals surface area contributed by atoms with Crippen LogP contribution in [-0.4, -0.2) is 31.1 Å². The normalized spacial score (nSPS) is 16.4. The van der Waals surface area contributed by atoms with E-state index in [9.17, 15) is 0 Å². The number of unbranched alkanes of at least 4 members (excludes halogenated alkanes) is 5. The zero-order valence-corrected chi connectivity index (χ0v) is 15.9. The van der Waals surface area contributed by atoms with E-state index in [1.807, 2.05) is 0 Å².